The highest BCUT2D eigenvalue weighted by Crippen LogP contribution is 2.30. The summed E-state index contributed by atoms with van der Waals surface area (Å²) in [7, 11) is 0. The first-order valence-electron chi connectivity index (χ1n) is 10.4. The third-order valence-electron chi connectivity index (χ3n) is 4.97. The number of aliphatic hydroxyl groups excluding tert-OH is 1. The van der Waals surface area contributed by atoms with E-state index in [4.69, 9.17) is 9.84 Å². The van der Waals surface area contributed by atoms with Crippen LogP contribution >= 0.6 is 0 Å². The van der Waals surface area contributed by atoms with E-state index in [-0.39, 0.29) is 12.7 Å². The predicted molar refractivity (Wildman–Crippen MR) is 119 cm³/mol. The standard InChI is InChI=1S/C25H31NO3/c1-25(2,3)29-24(28)26(15-9-4-10-16-27)18-23-21-13-7-5-11-19(21)17-20-12-6-8-14-22(20)23/h5-8,11-14,17,27H,4,9-10,15-16,18H2,1-3H3. The largest absolute Gasteiger partial charge is 0.444 e. The number of aliphatic hydroxyl groups is 1. The van der Waals surface area contributed by atoms with Crippen LogP contribution in [0, 0.1) is 0 Å². The van der Waals surface area contributed by atoms with Gasteiger partial charge in [-0.3, -0.25) is 0 Å². The highest BCUT2D eigenvalue weighted by atomic mass is 16.6. The Morgan fingerprint density at radius 1 is 0.931 bits per heavy atom. The second-order valence-corrected chi connectivity index (χ2v) is 8.48. The van der Waals surface area contributed by atoms with Gasteiger partial charge in [-0.1, -0.05) is 48.5 Å². The van der Waals surface area contributed by atoms with Crippen LogP contribution in [0.1, 0.15) is 45.6 Å². The van der Waals surface area contributed by atoms with Crippen LogP contribution in [0.15, 0.2) is 54.6 Å². The molecule has 4 heteroatoms. The minimum Gasteiger partial charge on any atom is -0.444 e. The molecule has 29 heavy (non-hydrogen) atoms. The fourth-order valence-electron chi connectivity index (χ4n) is 3.62. The van der Waals surface area contributed by atoms with E-state index in [2.05, 4.69) is 30.3 Å². The maximum atomic E-state index is 13.0. The zero-order chi connectivity index (χ0) is 20.9. The van der Waals surface area contributed by atoms with Gasteiger partial charge in [-0.2, -0.15) is 0 Å². The van der Waals surface area contributed by atoms with E-state index >= 15 is 0 Å². The highest BCUT2D eigenvalue weighted by molar-refractivity contribution is 6.02. The van der Waals surface area contributed by atoms with Crippen molar-refractivity contribution in [1.82, 2.24) is 4.90 Å². The summed E-state index contributed by atoms with van der Waals surface area (Å²) in [4.78, 5) is 14.8. The first-order valence-corrected chi connectivity index (χ1v) is 10.4. The smallest absolute Gasteiger partial charge is 0.410 e. The van der Waals surface area contributed by atoms with Crippen LogP contribution in [0.3, 0.4) is 0 Å². The average Bonchev–Trinajstić information content (AvgIpc) is 2.68. The second-order valence-electron chi connectivity index (χ2n) is 8.48. The summed E-state index contributed by atoms with van der Waals surface area (Å²) in [5.74, 6) is 0. The molecule has 0 heterocycles. The van der Waals surface area contributed by atoms with Gasteiger partial charge in [-0.05, 0) is 73.2 Å². The topological polar surface area (TPSA) is 49.8 Å². The molecule has 0 aliphatic rings. The van der Waals surface area contributed by atoms with Crippen molar-refractivity contribution in [1.29, 1.82) is 0 Å². The number of hydrogen-bond donors (Lipinski definition) is 1. The number of unbranched alkanes of at least 4 members (excludes halogenated alkanes) is 2. The maximum Gasteiger partial charge on any atom is 0.410 e. The normalized spacial score (nSPS) is 11.7. The Bertz CT molecular complexity index is 921. The minimum absolute atomic E-state index is 0.181. The van der Waals surface area contributed by atoms with Gasteiger partial charge in [0.15, 0.2) is 0 Å². The highest BCUT2D eigenvalue weighted by Gasteiger charge is 2.23. The van der Waals surface area contributed by atoms with Gasteiger partial charge in [0.1, 0.15) is 5.60 Å². The van der Waals surface area contributed by atoms with Crippen LogP contribution in [0.2, 0.25) is 0 Å². The summed E-state index contributed by atoms with van der Waals surface area (Å²) in [6.45, 7) is 6.95. The number of hydrogen-bond acceptors (Lipinski definition) is 3. The van der Waals surface area contributed by atoms with Crippen LogP contribution in [-0.4, -0.2) is 34.9 Å². The molecule has 0 aromatic heterocycles. The number of carbonyl (C=O) groups excluding carboxylic acids is 1. The molecule has 0 aliphatic carbocycles. The Morgan fingerprint density at radius 3 is 2.07 bits per heavy atom. The molecule has 0 radical (unpaired) electrons. The van der Waals surface area contributed by atoms with Crippen molar-refractivity contribution in [2.75, 3.05) is 13.2 Å². The quantitative estimate of drug-likeness (QED) is 0.402. The zero-order valence-electron chi connectivity index (χ0n) is 17.6. The number of benzene rings is 3. The number of amides is 1. The summed E-state index contributed by atoms with van der Waals surface area (Å²) in [5, 5.41) is 13.7. The zero-order valence-corrected chi connectivity index (χ0v) is 17.6. The molecule has 0 saturated heterocycles. The summed E-state index contributed by atoms with van der Waals surface area (Å²) in [6, 6.07) is 18.8. The van der Waals surface area contributed by atoms with Crippen molar-refractivity contribution in [2.45, 2.75) is 52.2 Å². The number of fused-ring (bicyclic) bond motifs is 2. The van der Waals surface area contributed by atoms with Crippen molar-refractivity contribution in [3.63, 3.8) is 0 Å². The van der Waals surface area contributed by atoms with Crippen molar-refractivity contribution in [2.24, 2.45) is 0 Å². The van der Waals surface area contributed by atoms with Crippen LogP contribution in [0.5, 0.6) is 0 Å². The molecule has 0 atom stereocenters. The molecule has 0 bridgehead atoms. The molecular formula is C25H31NO3. The molecule has 3 aromatic carbocycles. The molecule has 0 saturated carbocycles. The van der Waals surface area contributed by atoms with E-state index in [0.717, 1.165) is 35.6 Å². The number of nitrogens with zero attached hydrogens (tertiary/aromatic N) is 1. The molecule has 4 nitrogen and oxygen atoms in total. The Labute approximate surface area is 173 Å². The molecule has 0 aliphatic heterocycles. The maximum absolute atomic E-state index is 13.0. The van der Waals surface area contributed by atoms with Gasteiger partial charge in [0, 0.05) is 13.2 Å². The lowest BCUT2D eigenvalue weighted by Gasteiger charge is -2.28. The molecule has 0 unspecified atom stereocenters. The summed E-state index contributed by atoms with van der Waals surface area (Å²) >= 11 is 0. The molecule has 0 fully saturated rings. The molecule has 3 aromatic rings. The fraction of sp³-hybridized carbons (Fsp3) is 0.400. The lowest BCUT2D eigenvalue weighted by molar-refractivity contribution is 0.0231. The third kappa shape index (κ3) is 5.48. The van der Waals surface area contributed by atoms with E-state index in [1.807, 2.05) is 45.0 Å². The van der Waals surface area contributed by atoms with Gasteiger partial charge in [0.25, 0.3) is 0 Å². The summed E-state index contributed by atoms with van der Waals surface area (Å²) < 4.78 is 5.69. The summed E-state index contributed by atoms with van der Waals surface area (Å²) in [5.41, 5.74) is 0.605. The first-order chi connectivity index (χ1) is 13.9. The Balaban J connectivity index is 1.98. The van der Waals surface area contributed by atoms with Gasteiger partial charge in [-0.25, -0.2) is 4.79 Å². The Hall–Kier alpha value is -2.59. The average molecular weight is 394 g/mol. The van der Waals surface area contributed by atoms with Crippen LogP contribution in [-0.2, 0) is 11.3 Å². The van der Waals surface area contributed by atoms with E-state index in [0.29, 0.717) is 13.1 Å². The van der Waals surface area contributed by atoms with Gasteiger partial charge in [0.05, 0.1) is 6.54 Å². The van der Waals surface area contributed by atoms with E-state index in [1.54, 1.807) is 4.90 Å². The third-order valence-corrected chi connectivity index (χ3v) is 4.97. The van der Waals surface area contributed by atoms with Crippen molar-refractivity contribution >= 4 is 27.6 Å². The van der Waals surface area contributed by atoms with Crippen LogP contribution < -0.4 is 0 Å². The van der Waals surface area contributed by atoms with Gasteiger partial charge in [0.2, 0.25) is 0 Å². The number of ether oxygens (including phenoxy) is 1. The lowest BCUT2D eigenvalue weighted by atomic mass is 9.96. The Morgan fingerprint density at radius 2 is 1.52 bits per heavy atom. The Kier molecular flexibility index (Phi) is 6.75. The SMILES string of the molecule is CC(C)(C)OC(=O)N(CCCCCO)Cc1c2ccccc2cc2ccccc12. The van der Waals surface area contributed by atoms with Gasteiger partial charge < -0.3 is 14.7 Å². The molecule has 0 spiro atoms. The second kappa shape index (κ2) is 9.27. The van der Waals surface area contributed by atoms with Crippen molar-refractivity contribution in [3.05, 3.63) is 60.2 Å². The lowest BCUT2D eigenvalue weighted by Crippen LogP contribution is -2.37. The van der Waals surface area contributed by atoms with Gasteiger partial charge in [-0.15, -0.1) is 0 Å². The predicted octanol–water partition coefficient (Wildman–Crippen LogP) is 5.89. The molecule has 1 N–H and O–H groups in total. The van der Waals surface area contributed by atoms with Crippen LogP contribution in [0.4, 0.5) is 4.79 Å². The van der Waals surface area contributed by atoms with Crippen molar-refractivity contribution < 1.29 is 14.6 Å². The fourth-order valence-corrected chi connectivity index (χ4v) is 3.62. The van der Waals surface area contributed by atoms with E-state index in [9.17, 15) is 4.79 Å². The number of rotatable bonds is 7. The van der Waals surface area contributed by atoms with E-state index < -0.39 is 5.60 Å². The monoisotopic (exact) mass is 393 g/mol. The molecule has 1 amide bonds. The van der Waals surface area contributed by atoms with Gasteiger partial charge >= 0.3 is 6.09 Å². The molecular weight excluding hydrogens is 362 g/mol. The first kappa shape index (κ1) is 21.1. The molecule has 3 rings (SSSR count). The molecule has 154 valence electrons. The summed E-state index contributed by atoms with van der Waals surface area (Å²) in [6.07, 6.45) is 2.17. The van der Waals surface area contributed by atoms with E-state index in [1.165, 1.54) is 10.8 Å². The number of carbonyl (C=O) groups is 1. The minimum atomic E-state index is -0.540. The van der Waals surface area contributed by atoms with Crippen LogP contribution in [0.25, 0.3) is 21.5 Å². The van der Waals surface area contributed by atoms with Crippen molar-refractivity contribution in [3.8, 4) is 0 Å².